The highest BCUT2D eigenvalue weighted by Crippen LogP contribution is 2.09. The molecule has 2 atom stereocenters. The van der Waals surface area contributed by atoms with Crippen LogP contribution in [0.2, 0.25) is 5.02 Å². The van der Waals surface area contributed by atoms with Gasteiger partial charge in [-0.05, 0) is 6.07 Å². The van der Waals surface area contributed by atoms with Crippen molar-refractivity contribution in [1.82, 2.24) is 15.6 Å². The molecule has 0 saturated carbocycles. The number of carbonyl (C=O) groups is 1. The van der Waals surface area contributed by atoms with Crippen molar-refractivity contribution in [1.29, 1.82) is 0 Å². The van der Waals surface area contributed by atoms with Crippen molar-refractivity contribution in [2.75, 3.05) is 13.1 Å². The van der Waals surface area contributed by atoms with Gasteiger partial charge in [0.2, 0.25) is 0 Å². The van der Waals surface area contributed by atoms with Crippen molar-refractivity contribution in [2.45, 2.75) is 12.1 Å². The van der Waals surface area contributed by atoms with Gasteiger partial charge in [0.15, 0.2) is 0 Å². The number of nitrogens with one attached hydrogen (secondary N) is 2. The summed E-state index contributed by atoms with van der Waals surface area (Å²) >= 11 is 5.73. The van der Waals surface area contributed by atoms with Crippen LogP contribution in [0.25, 0.3) is 0 Å². The van der Waals surface area contributed by atoms with Gasteiger partial charge in [-0.3, -0.25) is 9.78 Å². The highest BCUT2D eigenvalue weighted by Gasteiger charge is 2.26. The smallest absolute Gasteiger partial charge is 0.253 e. The minimum absolute atomic E-state index is 0.258. The summed E-state index contributed by atoms with van der Waals surface area (Å²) in [6.45, 7) is 1.07. The van der Waals surface area contributed by atoms with Gasteiger partial charge in [-0.25, -0.2) is 0 Å². The third-order valence-corrected chi connectivity index (χ3v) is 2.67. The summed E-state index contributed by atoms with van der Waals surface area (Å²) in [5.41, 5.74) is 0.395. The number of carbonyl (C=O) groups excluding carboxylic acids is 1. The molecule has 2 rings (SSSR count). The highest BCUT2D eigenvalue weighted by molar-refractivity contribution is 6.30. The Labute approximate surface area is 97.8 Å². The van der Waals surface area contributed by atoms with Crippen LogP contribution in [0.5, 0.6) is 0 Å². The number of halogens is 1. The van der Waals surface area contributed by atoms with Gasteiger partial charge in [0.25, 0.3) is 5.91 Å². The van der Waals surface area contributed by atoms with E-state index >= 15 is 0 Å². The lowest BCUT2D eigenvalue weighted by Crippen LogP contribution is -2.42. The second-order valence-corrected chi connectivity index (χ2v) is 4.13. The molecule has 1 aliphatic heterocycles. The van der Waals surface area contributed by atoms with Crippen LogP contribution < -0.4 is 10.6 Å². The highest BCUT2D eigenvalue weighted by atomic mass is 35.5. The second kappa shape index (κ2) is 4.78. The summed E-state index contributed by atoms with van der Waals surface area (Å²) in [6, 6.07) is 1.28. The third-order valence-electron chi connectivity index (χ3n) is 2.47. The molecule has 0 unspecified atom stereocenters. The molecule has 86 valence electrons. The molecule has 5 nitrogen and oxygen atoms in total. The number of hydrogen-bond donors (Lipinski definition) is 3. The lowest BCUT2D eigenvalue weighted by atomic mass is 10.2. The van der Waals surface area contributed by atoms with Crippen molar-refractivity contribution in [3.8, 4) is 0 Å². The molecule has 0 aliphatic carbocycles. The maximum absolute atomic E-state index is 11.7. The first-order chi connectivity index (χ1) is 7.66. The Bertz CT molecular complexity index is 399. The van der Waals surface area contributed by atoms with E-state index in [-0.39, 0.29) is 11.9 Å². The van der Waals surface area contributed by atoms with Gasteiger partial charge in [0.05, 0.1) is 22.7 Å². The molecule has 0 aromatic carbocycles. The summed E-state index contributed by atoms with van der Waals surface area (Å²) in [4.78, 5) is 15.6. The van der Waals surface area contributed by atoms with E-state index in [1.165, 1.54) is 12.4 Å². The van der Waals surface area contributed by atoms with Gasteiger partial charge in [0.1, 0.15) is 0 Å². The van der Waals surface area contributed by atoms with E-state index in [1.54, 1.807) is 6.07 Å². The summed E-state index contributed by atoms with van der Waals surface area (Å²) in [5, 5.41) is 15.6. The number of rotatable bonds is 2. The van der Waals surface area contributed by atoms with Gasteiger partial charge < -0.3 is 15.7 Å². The van der Waals surface area contributed by atoms with Crippen molar-refractivity contribution >= 4 is 17.5 Å². The Balaban J connectivity index is 2.03. The standard InChI is InChI=1S/C10H12ClN3O2/c11-7-1-6(2-12-3-7)10(16)14-8-4-13-5-9(8)15/h1-3,8-9,13,15H,4-5H2,(H,14,16)/t8-,9-/m1/s1. The van der Waals surface area contributed by atoms with Crippen LogP contribution in [-0.2, 0) is 0 Å². The molecular formula is C10H12ClN3O2. The summed E-state index contributed by atoms with van der Waals surface area (Å²) in [6.07, 6.45) is 2.36. The number of aromatic nitrogens is 1. The van der Waals surface area contributed by atoms with Crippen molar-refractivity contribution < 1.29 is 9.90 Å². The van der Waals surface area contributed by atoms with E-state index in [9.17, 15) is 9.90 Å². The molecule has 2 heterocycles. The first kappa shape index (κ1) is 11.3. The minimum Gasteiger partial charge on any atom is -0.390 e. The quantitative estimate of drug-likeness (QED) is 0.670. The first-order valence-corrected chi connectivity index (χ1v) is 5.35. The number of pyridine rings is 1. The number of nitrogens with zero attached hydrogens (tertiary/aromatic N) is 1. The van der Waals surface area contributed by atoms with E-state index in [4.69, 9.17) is 11.6 Å². The Hall–Kier alpha value is -1.17. The predicted molar refractivity (Wildman–Crippen MR) is 59.4 cm³/mol. The van der Waals surface area contributed by atoms with Gasteiger partial charge in [-0.1, -0.05) is 11.6 Å². The first-order valence-electron chi connectivity index (χ1n) is 4.97. The van der Waals surface area contributed by atoms with Crippen molar-refractivity contribution in [3.05, 3.63) is 29.0 Å². The van der Waals surface area contributed by atoms with Crippen molar-refractivity contribution in [3.63, 3.8) is 0 Å². The van der Waals surface area contributed by atoms with Crippen LogP contribution in [0.4, 0.5) is 0 Å². The van der Waals surface area contributed by atoms with E-state index in [2.05, 4.69) is 15.6 Å². The van der Waals surface area contributed by atoms with Crippen LogP contribution in [0, 0.1) is 0 Å². The van der Waals surface area contributed by atoms with Crippen LogP contribution >= 0.6 is 11.6 Å². The number of hydrogen-bond acceptors (Lipinski definition) is 4. The average molecular weight is 242 g/mol. The molecule has 1 fully saturated rings. The zero-order chi connectivity index (χ0) is 11.5. The van der Waals surface area contributed by atoms with E-state index in [0.29, 0.717) is 23.7 Å². The summed E-state index contributed by atoms with van der Waals surface area (Å²) in [5.74, 6) is -0.275. The van der Waals surface area contributed by atoms with Crippen LogP contribution in [0.1, 0.15) is 10.4 Å². The van der Waals surface area contributed by atoms with Gasteiger partial charge in [-0.15, -0.1) is 0 Å². The molecule has 3 N–H and O–H groups in total. The molecule has 1 saturated heterocycles. The molecule has 6 heteroatoms. The SMILES string of the molecule is O=C(N[C@@H]1CNC[C@H]1O)c1cncc(Cl)c1. The fourth-order valence-electron chi connectivity index (χ4n) is 1.60. The predicted octanol–water partition coefficient (Wildman–Crippen LogP) is -0.202. The lowest BCUT2D eigenvalue weighted by molar-refractivity contribution is 0.0888. The maximum atomic E-state index is 11.7. The van der Waals surface area contributed by atoms with Gasteiger partial charge in [-0.2, -0.15) is 0 Å². The molecule has 0 spiro atoms. The van der Waals surface area contributed by atoms with E-state index in [0.717, 1.165) is 0 Å². The maximum Gasteiger partial charge on any atom is 0.253 e. The second-order valence-electron chi connectivity index (χ2n) is 3.70. The van der Waals surface area contributed by atoms with Gasteiger partial charge in [0, 0.05) is 25.5 Å². The Morgan fingerprint density at radius 3 is 3.00 bits per heavy atom. The minimum atomic E-state index is -0.545. The molecule has 0 bridgehead atoms. The van der Waals surface area contributed by atoms with Crippen LogP contribution in [0.15, 0.2) is 18.5 Å². The lowest BCUT2D eigenvalue weighted by Gasteiger charge is -2.15. The molecule has 0 radical (unpaired) electrons. The van der Waals surface area contributed by atoms with Crippen molar-refractivity contribution in [2.24, 2.45) is 0 Å². The molecule has 1 aromatic rings. The zero-order valence-electron chi connectivity index (χ0n) is 8.48. The number of aliphatic hydroxyl groups excluding tert-OH is 1. The Morgan fingerprint density at radius 1 is 1.56 bits per heavy atom. The fourth-order valence-corrected chi connectivity index (χ4v) is 1.77. The van der Waals surface area contributed by atoms with Crippen LogP contribution in [-0.4, -0.2) is 41.2 Å². The molecule has 1 amide bonds. The number of aliphatic hydroxyl groups is 1. The normalized spacial score (nSPS) is 24.4. The largest absolute Gasteiger partial charge is 0.390 e. The third kappa shape index (κ3) is 2.49. The summed E-state index contributed by atoms with van der Waals surface area (Å²) in [7, 11) is 0. The monoisotopic (exact) mass is 241 g/mol. The van der Waals surface area contributed by atoms with Crippen LogP contribution in [0.3, 0.4) is 0 Å². The van der Waals surface area contributed by atoms with Gasteiger partial charge >= 0.3 is 0 Å². The zero-order valence-corrected chi connectivity index (χ0v) is 9.24. The Kier molecular flexibility index (Phi) is 3.38. The number of amides is 1. The number of β-amino-alcohol motifs (C(OH)–C–C–N with tert-alkyl or cyclic N) is 1. The molecule has 16 heavy (non-hydrogen) atoms. The fraction of sp³-hybridized carbons (Fsp3) is 0.400. The Morgan fingerprint density at radius 2 is 2.38 bits per heavy atom. The molecule has 1 aromatic heterocycles. The molecular weight excluding hydrogens is 230 g/mol. The topological polar surface area (TPSA) is 74.2 Å². The summed E-state index contributed by atoms with van der Waals surface area (Å²) < 4.78 is 0. The van der Waals surface area contributed by atoms with E-state index < -0.39 is 6.10 Å². The average Bonchev–Trinajstić information content (AvgIpc) is 2.64. The molecule has 1 aliphatic rings. The van der Waals surface area contributed by atoms with E-state index in [1.807, 2.05) is 0 Å².